The highest BCUT2D eigenvalue weighted by Gasteiger charge is 2.16. The number of fused-ring (bicyclic) bond motifs is 2. The lowest BCUT2D eigenvalue weighted by Crippen LogP contribution is -2.38. The number of nitrogens with one attached hydrogen (secondary N) is 2. The third kappa shape index (κ3) is 3.02. The SMILES string of the molecule is Cn1c(=O)c2c(ncn2CC(=O)NCc2n[nH]c(=O)c3ccccc23)n(C)c1=O. The van der Waals surface area contributed by atoms with Gasteiger partial charge in [-0.25, -0.2) is 14.9 Å². The molecule has 0 aliphatic rings. The second-order valence-electron chi connectivity index (χ2n) is 6.57. The Hall–Kier alpha value is -4.02. The second kappa shape index (κ2) is 6.86. The quantitative estimate of drug-likeness (QED) is 0.454. The Balaban J connectivity index is 1.59. The van der Waals surface area contributed by atoms with E-state index in [-0.39, 0.29) is 35.7 Å². The van der Waals surface area contributed by atoms with Gasteiger partial charge >= 0.3 is 5.69 Å². The van der Waals surface area contributed by atoms with E-state index in [9.17, 15) is 19.2 Å². The van der Waals surface area contributed by atoms with E-state index < -0.39 is 11.2 Å². The van der Waals surface area contributed by atoms with E-state index in [1.165, 1.54) is 29.6 Å². The van der Waals surface area contributed by atoms with Crippen LogP contribution in [0.5, 0.6) is 0 Å². The predicted octanol–water partition coefficient (Wildman–Crippen LogP) is -1.01. The third-order valence-corrected chi connectivity index (χ3v) is 4.76. The Morgan fingerprint density at radius 1 is 1.10 bits per heavy atom. The molecule has 0 aliphatic carbocycles. The smallest absolute Gasteiger partial charge is 0.332 e. The zero-order valence-electron chi connectivity index (χ0n) is 15.7. The number of hydrogen-bond donors (Lipinski definition) is 2. The summed E-state index contributed by atoms with van der Waals surface area (Å²) in [7, 11) is 2.88. The molecule has 0 bridgehead atoms. The number of aryl methyl sites for hydroxylation is 1. The number of hydrogen-bond acceptors (Lipinski definition) is 6. The van der Waals surface area contributed by atoms with Crippen LogP contribution in [0, 0.1) is 0 Å². The molecule has 2 N–H and O–H groups in total. The van der Waals surface area contributed by atoms with Crippen molar-refractivity contribution in [1.29, 1.82) is 0 Å². The number of H-pyrrole nitrogens is 1. The number of amides is 1. The van der Waals surface area contributed by atoms with Crippen LogP contribution in [0.4, 0.5) is 0 Å². The molecule has 1 amide bonds. The van der Waals surface area contributed by atoms with E-state index in [0.717, 1.165) is 4.57 Å². The minimum atomic E-state index is -0.526. The summed E-state index contributed by atoms with van der Waals surface area (Å²) in [6, 6.07) is 6.97. The predicted molar refractivity (Wildman–Crippen MR) is 104 cm³/mol. The van der Waals surface area contributed by atoms with Crippen LogP contribution in [0.2, 0.25) is 0 Å². The van der Waals surface area contributed by atoms with Gasteiger partial charge in [-0.3, -0.25) is 23.5 Å². The third-order valence-electron chi connectivity index (χ3n) is 4.76. The molecule has 1 aromatic carbocycles. The van der Waals surface area contributed by atoms with E-state index in [0.29, 0.717) is 16.5 Å². The van der Waals surface area contributed by atoms with Gasteiger partial charge in [0.05, 0.1) is 24.0 Å². The van der Waals surface area contributed by atoms with Gasteiger partial charge in [-0.1, -0.05) is 18.2 Å². The first-order chi connectivity index (χ1) is 13.9. The molecule has 11 nitrogen and oxygen atoms in total. The fourth-order valence-electron chi connectivity index (χ4n) is 3.22. The highest BCUT2D eigenvalue weighted by Crippen LogP contribution is 2.12. The van der Waals surface area contributed by atoms with Crippen molar-refractivity contribution >= 4 is 27.8 Å². The zero-order valence-corrected chi connectivity index (χ0v) is 15.7. The Kier molecular flexibility index (Phi) is 4.34. The summed E-state index contributed by atoms with van der Waals surface area (Å²) in [5.41, 5.74) is -0.434. The summed E-state index contributed by atoms with van der Waals surface area (Å²) in [6.07, 6.45) is 1.35. The first kappa shape index (κ1) is 18.3. The Morgan fingerprint density at radius 2 is 1.83 bits per heavy atom. The highest BCUT2D eigenvalue weighted by molar-refractivity contribution is 5.84. The molecule has 3 aromatic heterocycles. The number of carbonyl (C=O) groups is 1. The number of benzene rings is 1. The largest absolute Gasteiger partial charge is 0.349 e. The van der Waals surface area contributed by atoms with Gasteiger partial charge in [0.25, 0.3) is 11.1 Å². The molecule has 0 spiro atoms. The molecule has 0 unspecified atom stereocenters. The lowest BCUT2D eigenvalue weighted by Gasteiger charge is -2.09. The lowest BCUT2D eigenvalue weighted by atomic mass is 10.1. The van der Waals surface area contributed by atoms with Gasteiger partial charge < -0.3 is 9.88 Å². The van der Waals surface area contributed by atoms with Crippen molar-refractivity contribution in [3.05, 3.63) is 67.5 Å². The summed E-state index contributed by atoms with van der Waals surface area (Å²) in [4.78, 5) is 52.8. The Labute approximate surface area is 162 Å². The Morgan fingerprint density at radius 3 is 2.59 bits per heavy atom. The summed E-state index contributed by atoms with van der Waals surface area (Å²) in [5, 5.41) is 10.3. The molecule has 0 fully saturated rings. The Bertz CT molecular complexity index is 1440. The van der Waals surface area contributed by atoms with E-state index in [4.69, 9.17) is 0 Å². The maximum atomic E-state index is 12.4. The van der Waals surface area contributed by atoms with E-state index in [2.05, 4.69) is 20.5 Å². The molecule has 0 saturated carbocycles. The highest BCUT2D eigenvalue weighted by atomic mass is 16.2. The van der Waals surface area contributed by atoms with Crippen molar-refractivity contribution in [3.8, 4) is 0 Å². The average molecular weight is 395 g/mol. The minimum Gasteiger partial charge on any atom is -0.349 e. The van der Waals surface area contributed by atoms with Crippen LogP contribution >= 0.6 is 0 Å². The van der Waals surface area contributed by atoms with Gasteiger partial charge in [0, 0.05) is 19.5 Å². The number of imidazole rings is 1. The van der Waals surface area contributed by atoms with Gasteiger partial charge in [0.1, 0.15) is 6.54 Å². The molecule has 148 valence electrons. The first-order valence-electron chi connectivity index (χ1n) is 8.72. The standard InChI is InChI=1S/C18H17N7O4/c1-23-15-14(17(28)24(2)18(23)29)25(9-20-15)8-13(26)19-7-12-10-5-3-4-6-11(10)16(27)22-21-12/h3-6,9H,7-8H2,1-2H3,(H,19,26)(H,22,27). The van der Waals surface area contributed by atoms with Crippen LogP contribution in [-0.2, 0) is 32.0 Å². The maximum Gasteiger partial charge on any atom is 0.332 e. The summed E-state index contributed by atoms with van der Waals surface area (Å²) in [5.74, 6) is -0.378. The molecule has 0 radical (unpaired) electrons. The lowest BCUT2D eigenvalue weighted by molar-refractivity contribution is -0.121. The molecule has 0 aliphatic heterocycles. The maximum absolute atomic E-state index is 12.4. The van der Waals surface area contributed by atoms with Gasteiger partial charge in [0.2, 0.25) is 5.91 Å². The molecule has 29 heavy (non-hydrogen) atoms. The van der Waals surface area contributed by atoms with Crippen LogP contribution in [0.3, 0.4) is 0 Å². The first-order valence-corrected chi connectivity index (χ1v) is 8.72. The van der Waals surface area contributed by atoms with Crippen LogP contribution in [0.15, 0.2) is 45.0 Å². The number of carbonyl (C=O) groups excluding carboxylic acids is 1. The summed E-state index contributed by atoms with van der Waals surface area (Å²) >= 11 is 0. The molecule has 0 saturated heterocycles. The van der Waals surface area contributed by atoms with E-state index in [1.54, 1.807) is 24.3 Å². The zero-order chi connectivity index (χ0) is 20.7. The normalized spacial score (nSPS) is 11.2. The number of nitrogens with zero attached hydrogens (tertiary/aromatic N) is 5. The molecule has 4 aromatic rings. The van der Waals surface area contributed by atoms with Gasteiger partial charge in [-0.2, -0.15) is 5.10 Å². The van der Waals surface area contributed by atoms with Gasteiger partial charge in [-0.15, -0.1) is 0 Å². The fraction of sp³-hybridized carbons (Fsp3) is 0.222. The molecular weight excluding hydrogens is 378 g/mol. The average Bonchev–Trinajstić information content (AvgIpc) is 3.14. The topological polar surface area (TPSA) is 137 Å². The van der Waals surface area contributed by atoms with Crippen LogP contribution in [-0.4, -0.2) is 34.8 Å². The summed E-state index contributed by atoms with van der Waals surface area (Å²) < 4.78 is 3.61. The molecule has 4 rings (SSSR count). The van der Waals surface area contributed by atoms with Crippen molar-refractivity contribution in [2.75, 3.05) is 0 Å². The molecule has 0 atom stereocenters. The fourth-order valence-corrected chi connectivity index (χ4v) is 3.22. The minimum absolute atomic E-state index is 0.0965. The van der Waals surface area contributed by atoms with Crippen LogP contribution in [0.1, 0.15) is 5.69 Å². The number of rotatable bonds is 4. The van der Waals surface area contributed by atoms with Crippen molar-refractivity contribution in [3.63, 3.8) is 0 Å². The van der Waals surface area contributed by atoms with Gasteiger partial charge in [-0.05, 0) is 6.07 Å². The van der Waals surface area contributed by atoms with Crippen molar-refractivity contribution < 1.29 is 4.79 Å². The molecule has 3 heterocycles. The van der Waals surface area contributed by atoms with Gasteiger partial charge in [0.15, 0.2) is 11.2 Å². The number of aromatic amines is 1. The summed E-state index contributed by atoms with van der Waals surface area (Å²) in [6.45, 7) is -0.0650. The van der Waals surface area contributed by atoms with Crippen LogP contribution in [0.25, 0.3) is 21.9 Å². The monoisotopic (exact) mass is 395 g/mol. The van der Waals surface area contributed by atoms with Crippen molar-refractivity contribution in [1.82, 2.24) is 34.2 Å². The number of aromatic nitrogens is 6. The molecule has 11 heteroatoms. The molecular formula is C18H17N7O4. The van der Waals surface area contributed by atoms with E-state index >= 15 is 0 Å². The van der Waals surface area contributed by atoms with Crippen molar-refractivity contribution in [2.45, 2.75) is 13.1 Å². The van der Waals surface area contributed by atoms with Crippen molar-refractivity contribution in [2.24, 2.45) is 14.1 Å². The van der Waals surface area contributed by atoms with Crippen LogP contribution < -0.4 is 22.1 Å². The second-order valence-corrected chi connectivity index (χ2v) is 6.57. The van der Waals surface area contributed by atoms with E-state index in [1.807, 2.05) is 0 Å².